The Labute approximate surface area is 138 Å². The second kappa shape index (κ2) is 7.02. The number of benzene rings is 1. The van der Waals surface area contributed by atoms with E-state index in [1.165, 1.54) is 5.56 Å². The van der Waals surface area contributed by atoms with Crippen LogP contribution in [0.4, 0.5) is 0 Å². The first kappa shape index (κ1) is 16.5. The number of carbonyl (C=O) groups is 1. The van der Waals surface area contributed by atoms with Crippen molar-refractivity contribution in [1.29, 1.82) is 0 Å². The Kier molecular flexibility index (Phi) is 5.02. The molecule has 0 N–H and O–H groups in total. The predicted octanol–water partition coefficient (Wildman–Crippen LogP) is 2.58. The van der Waals surface area contributed by atoms with Crippen molar-refractivity contribution in [3.8, 4) is 0 Å². The topological polar surface area (TPSA) is 38.8 Å². The Morgan fingerprint density at radius 1 is 1.35 bits per heavy atom. The minimum Gasteiger partial charge on any atom is -0.382 e. The number of rotatable bonds is 6. The molecule has 0 aliphatic carbocycles. The number of nitrogens with zero attached hydrogens (tertiary/aromatic N) is 1. The van der Waals surface area contributed by atoms with Gasteiger partial charge in [0.05, 0.1) is 19.5 Å². The molecule has 2 aliphatic rings. The molecule has 0 unspecified atom stereocenters. The molecule has 0 saturated carbocycles. The van der Waals surface area contributed by atoms with Crippen LogP contribution in [0.3, 0.4) is 0 Å². The molecule has 1 amide bonds. The maximum atomic E-state index is 12.4. The molecule has 2 saturated heterocycles. The lowest BCUT2D eigenvalue weighted by molar-refractivity contribution is -0.165. The van der Waals surface area contributed by atoms with Crippen LogP contribution >= 0.6 is 0 Å². The summed E-state index contributed by atoms with van der Waals surface area (Å²) in [7, 11) is 0. The molecule has 1 atom stereocenters. The van der Waals surface area contributed by atoms with Gasteiger partial charge in [-0.1, -0.05) is 29.8 Å². The van der Waals surface area contributed by atoms with Crippen molar-refractivity contribution in [3.63, 3.8) is 0 Å². The molecule has 1 aromatic carbocycles. The van der Waals surface area contributed by atoms with Crippen LogP contribution < -0.4 is 0 Å². The van der Waals surface area contributed by atoms with E-state index in [1.54, 1.807) is 0 Å². The minimum absolute atomic E-state index is 0.0972. The van der Waals surface area contributed by atoms with Gasteiger partial charge in [-0.05, 0) is 38.2 Å². The first-order valence-electron chi connectivity index (χ1n) is 8.68. The zero-order valence-corrected chi connectivity index (χ0v) is 14.2. The van der Waals surface area contributed by atoms with Crippen molar-refractivity contribution >= 4 is 5.91 Å². The van der Waals surface area contributed by atoms with Crippen LogP contribution in [0.25, 0.3) is 0 Å². The van der Waals surface area contributed by atoms with E-state index in [-0.39, 0.29) is 11.5 Å². The third-order valence-corrected chi connectivity index (χ3v) is 5.16. The summed E-state index contributed by atoms with van der Waals surface area (Å²) in [6.07, 6.45) is 2.61. The summed E-state index contributed by atoms with van der Waals surface area (Å²) >= 11 is 0. The van der Waals surface area contributed by atoms with E-state index in [0.717, 1.165) is 51.3 Å². The first-order valence-corrected chi connectivity index (χ1v) is 8.68. The lowest BCUT2D eigenvalue weighted by Gasteiger charge is -2.50. The second-order valence-electron chi connectivity index (χ2n) is 6.80. The van der Waals surface area contributed by atoms with Crippen LogP contribution in [-0.4, -0.2) is 49.3 Å². The molecule has 2 aliphatic heterocycles. The van der Waals surface area contributed by atoms with Gasteiger partial charge >= 0.3 is 0 Å². The molecule has 23 heavy (non-hydrogen) atoms. The van der Waals surface area contributed by atoms with Crippen molar-refractivity contribution < 1.29 is 14.3 Å². The monoisotopic (exact) mass is 317 g/mol. The van der Waals surface area contributed by atoms with Crippen molar-refractivity contribution in [3.05, 3.63) is 35.4 Å². The van der Waals surface area contributed by atoms with Gasteiger partial charge in [-0.2, -0.15) is 0 Å². The average molecular weight is 317 g/mol. The van der Waals surface area contributed by atoms with Crippen LogP contribution in [0, 0.1) is 12.8 Å². The average Bonchev–Trinajstić information content (AvgIpc) is 2.92. The molecule has 126 valence electrons. The number of likely N-dealkylation sites (tertiary alicyclic amines) is 1. The maximum Gasteiger partial charge on any atom is 0.227 e. The summed E-state index contributed by atoms with van der Waals surface area (Å²) in [5.74, 6) is 0.732. The smallest absolute Gasteiger partial charge is 0.227 e. The first-order chi connectivity index (χ1) is 11.1. The highest BCUT2D eigenvalue weighted by Gasteiger charge is 2.53. The fraction of sp³-hybridized carbons (Fsp3) is 0.632. The number of hydrogen-bond donors (Lipinski definition) is 0. The highest BCUT2D eigenvalue weighted by atomic mass is 16.5. The zero-order valence-electron chi connectivity index (χ0n) is 14.2. The molecule has 2 fully saturated rings. The third kappa shape index (κ3) is 3.59. The fourth-order valence-electron chi connectivity index (χ4n) is 3.68. The largest absolute Gasteiger partial charge is 0.382 e. The van der Waals surface area contributed by atoms with E-state index in [4.69, 9.17) is 9.47 Å². The van der Waals surface area contributed by atoms with E-state index in [9.17, 15) is 4.79 Å². The van der Waals surface area contributed by atoms with E-state index < -0.39 is 0 Å². The number of hydrogen-bond acceptors (Lipinski definition) is 3. The Hall–Kier alpha value is -1.39. The number of amides is 1. The Balaban J connectivity index is 1.51. The molecule has 2 heterocycles. The normalized spacial score (nSPS) is 22.3. The molecule has 1 spiro atoms. The Bertz CT molecular complexity index is 534. The summed E-state index contributed by atoms with van der Waals surface area (Å²) in [6.45, 7) is 7.95. The van der Waals surface area contributed by atoms with Gasteiger partial charge in [-0.25, -0.2) is 0 Å². The number of ether oxygens (including phenoxy) is 2. The highest BCUT2D eigenvalue weighted by Crippen LogP contribution is 2.41. The van der Waals surface area contributed by atoms with Crippen LogP contribution in [0.2, 0.25) is 0 Å². The van der Waals surface area contributed by atoms with Gasteiger partial charge in [0, 0.05) is 19.8 Å². The number of aryl methyl sites for hydroxylation is 1. The van der Waals surface area contributed by atoms with Gasteiger partial charge in [0.15, 0.2) is 0 Å². The summed E-state index contributed by atoms with van der Waals surface area (Å²) in [5.41, 5.74) is 2.21. The zero-order chi connectivity index (χ0) is 16.3. The predicted molar refractivity (Wildman–Crippen MR) is 89.4 cm³/mol. The Morgan fingerprint density at radius 3 is 2.78 bits per heavy atom. The highest BCUT2D eigenvalue weighted by molar-refractivity contribution is 5.80. The van der Waals surface area contributed by atoms with Crippen LogP contribution in [-0.2, 0) is 20.7 Å². The minimum atomic E-state index is -0.0972. The standard InChI is InChI=1S/C19H27NO3/c1-3-22-10-8-17-9-11-23-19(17)13-20(14-19)18(21)12-16-6-4-15(2)5-7-16/h4-7,17H,3,8-14H2,1-2H3/t17-/m0/s1. The van der Waals surface area contributed by atoms with Crippen molar-refractivity contribution in [2.75, 3.05) is 32.9 Å². The van der Waals surface area contributed by atoms with E-state index in [1.807, 2.05) is 24.0 Å². The van der Waals surface area contributed by atoms with E-state index >= 15 is 0 Å². The van der Waals surface area contributed by atoms with Crippen molar-refractivity contribution in [2.24, 2.45) is 5.92 Å². The van der Waals surface area contributed by atoms with Gasteiger partial charge in [-0.15, -0.1) is 0 Å². The molecule has 3 rings (SSSR count). The van der Waals surface area contributed by atoms with E-state index in [0.29, 0.717) is 12.3 Å². The lowest BCUT2D eigenvalue weighted by Crippen LogP contribution is -2.66. The van der Waals surface area contributed by atoms with Crippen LogP contribution in [0.5, 0.6) is 0 Å². The summed E-state index contributed by atoms with van der Waals surface area (Å²) < 4.78 is 11.5. The Morgan fingerprint density at radius 2 is 2.09 bits per heavy atom. The molecule has 4 nitrogen and oxygen atoms in total. The van der Waals surface area contributed by atoms with Gasteiger partial charge in [0.1, 0.15) is 5.60 Å². The quantitative estimate of drug-likeness (QED) is 0.757. The second-order valence-corrected chi connectivity index (χ2v) is 6.80. The number of carbonyl (C=O) groups excluding carboxylic acids is 1. The van der Waals surface area contributed by atoms with Crippen molar-refractivity contribution in [1.82, 2.24) is 4.90 Å². The summed E-state index contributed by atoms with van der Waals surface area (Å²) in [4.78, 5) is 14.4. The molecule has 1 aromatic rings. The molecule has 0 aromatic heterocycles. The molecule has 0 bridgehead atoms. The molecular weight excluding hydrogens is 290 g/mol. The van der Waals surface area contributed by atoms with Gasteiger partial charge in [0.25, 0.3) is 0 Å². The summed E-state index contributed by atoms with van der Waals surface area (Å²) in [6, 6.07) is 8.20. The van der Waals surface area contributed by atoms with Crippen LogP contribution in [0.15, 0.2) is 24.3 Å². The molecule has 0 radical (unpaired) electrons. The fourth-order valence-corrected chi connectivity index (χ4v) is 3.68. The van der Waals surface area contributed by atoms with Gasteiger partial charge in [0.2, 0.25) is 5.91 Å². The van der Waals surface area contributed by atoms with Gasteiger partial charge in [-0.3, -0.25) is 4.79 Å². The molecular formula is C19H27NO3. The van der Waals surface area contributed by atoms with E-state index in [2.05, 4.69) is 19.1 Å². The molecule has 4 heteroatoms. The third-order valence-electron chi connectivity index (χ3n) is 5.16. The van der Waals surface area contributed by atoms with Gasteiger partial charge < -0.3 is 14.4 Å². The SMILES string of the molecule is CCOCC[C@H]1CCOC12CN(C(=O)Cc1ccc(C)cc1)C2. The van der Waals surface area contributed by atoms with Crippen LogP contribution in [0.1, 0.15) is 30.9 Å². The summed E-state index contributed by atoms with van der Waals surface area (Å²) in [5, 5.41) is 0. The lowest BCUT2D eigenvalue weighted by atomic mass is 9.79. The maximum absolute atomic E-state index is 12.4. The van der Waals surface area contributed by atoms with Crippen molar-refractivity contribution in [2.45, 2.75) is 38.7 Å².